The van der Waals surface area contributed by atoms with Crippen LogP contribution in [0.2, 0.25) is 5.15 Å². The number of hydrogen-bond donors (Lipinski definition) is 1. The van der Waals surface area contributed by atoms with E-state index >= 15 is 0 Å². The van der Waals surface area contributed by atoms with Crippen molar-refractivity contribution in [3.63, 3.8) is 0 Å². The lowest BCUT2D eigenvalue weighted by atomic mass is 10.2. The summed E-state index contributed by atoms with van der Waals surface area (Å²) >= 11 is 5.70. The zero-order chi connectivity index (χ0) is 9.80. The summed E-state index contributed by atoms with van der Waals surface area (Å²) in [6.45, 7) is 1.96. The highest BCUT2D eigenvalue weighted by molar-refractivity contribution is 6.29. The maximum atomic E-state index is 5.70. The third kappa shape index (κ3) is 2.45. The van der Waals surface area contributed by atoms with E-state index in [2.05, 4.69) is 15.3 Å². The number of nitrogens with one attached hydrogen (secondary N) is 1. The van der Waals surface area contributed by atoms with Crippen molar-refractivity contribution in [1.29, 1.82) is 0 Å². The standard InChI is InChI=1S/C10H12ClN3/c11-9-3-2-8(7-14-9)6-10-12-4-1-5-13-10/h2-3,7H,1,4-6H2,(H,12,13). The Morgan fingerprint density at radius 2 is 2.36 bits per heavy atom. The molecule has 0 radical (unpaired) electrons. The Balaban J connectivity index is 2.03. The van der Waals surface area contributed by atoms with Gasteiger partial charge >= 0.3 is 0 Å². The van der Waals surface area contributed by atoms with Crippen LogP contribution in [0, 0.1) is 0 Å². The van der Waals surface area contributed by atoms with E-state index in [1.807, 2.05) is 6.07 Å². The molecule has 3 nitrogen and oxygen atoms in total. The van der Waals surface area contributed by atoms with Crippen LogP contribution in [0.1, 0.15) is 12.0 Å². The summed E-state index contributed by atoms with van der Waals surface area (Å²) in [5.74, 6) is 1.06. The van der Waals surface area contributed by atoms with Gasteiger partial charge in [-0.05, 0) is 18.1 Å². The molecule has 14 heavy (non-hydrogen) atoms. The molecule has 1 N–H and O–H groups in total. The molecule has 0 bridgehead atoms. The summed E-state index contributed by atoms with van der Waals surface area (Å²) in [5.41, 5.74) is 1.14. The van der Waals surface area contributed by atoms with Crippen LogP contribution in [-0.2, 0) is 6.42 Å². The van der Waals surface area contributed by atoms with Gasteiger partial charge in [-0.2, -0.15) is 0 Å². The molecule has 1 aromatic heterocycles. The Labute approximate surface area is 88.2 Å². The lowest BCUT2D eigenvalue weighted by molar-refractivity contribution is 0.731. The zero-order valence-electron chi connectivity index (χ0n) is 7.83. The first-order valence-corrected chi connectivity index (χ1v) is 5.10. The van der Waals surface area contributed by atoms with E-state index in [1.54, 1.807) is 12.3 Å². The van der Waals surface area contributed by atoms with Gasteiger partial charge in [0.15, 0.2) is 0 Å². The lowest BCUT2D eigenvalue weighted by Crippen LogP contribution is -2.30. The molecule has 0 spiro atoms. The zero-order valence-corrected chi connectivity index (χ0v) is 8.59. The van der Waals surface area contributed by atoms with Crippen LogP contribution in [0.15, 0.2) is 23.3 Å². The molecule has 2 rings (SSSR count). The normalized spacial score (nSPS) is 15.9. The van der Waals surface area contributed by atoms with Crippen molar-refractivity contribution in [2.75, 3.05) is 13.1 Å². The molecule has 2 heterocycles. The number of halogens is 1. The monoisotopic (exact) mass is 209 g/mol. The van der Waals surface area contributed by atoms with Gasteiger partial charge in [-0.3, -0.25) is 4.99 Å². The van der Waals surface area contributed by atoms with Gasteiger partial charge in [-0.1, -0.05) is 17.7 Å². The summed E-state index contributed by atoms with van der Waals surface area (Å²) in [4.78, 5) is 8.42. The first-order valence-electron chi connectivity index (χ1n) is 4.72. The number of amidine groups is 1. The van der Waals surface area contributed by atoms with Crippen LogP contribution < -0.4 is 5.32 Å². The van der Waals surface area contributed by atoms with Crippen molar-refractivity contribution in [3.05, 3.63) is 29.0 Å². The fourth-order valence-electron chi connectivity index (χ4n) is 1.40. The molecule has 0 saturated heterocycles. The number of rotatable bonds is 2. The summed E-state index contributed by atoms with van der Waals surface area (Å²) in [7, 11) is 0. The molecule has 0 amide bonds. The minimum Gasteiger partial charge on any atom is -0.373 e. The number of hydrogen-bond acceptors (Lipinski definition) is 3. The summed E-state index contributed by atoms with van der Waals surface area (Å²) < 4.78 is 0. The van der Waals surface area contributed by atoms with Crippen LogP contribution in [0.3, 0.4) is 0 Å². The maximum Gasteiger partial charge on any atom is 0.129 e. The molecule has 0 fully saturated rings. The van der Waals surface area contributed by atoms with Crippen LogP contribution in [-0.4, -0.2) is 23.9 Å². The molecule has 0 aromatic carbocycles. The third-order valence-electron chi connectivity index (χ3n) is 2.13. The number of nitrogens with zero attached hydrogens (tertiary/aromatic N) is 2. The van der Waals surface area contributed by atoms with Crippen LogP contribution in [0.5, 0.6) is 0 Å². The van der Waals surface area contributed by atoms with Gasteiger partial charge in [0, 0.05) is 25.7 Å². The summed E-state index contributed by atoms with van der Waals surface area (Å²) in [6, 6.07) is 3.79. The first-order chi connectivity index (χ1) is 6.84. The van der Waals surface area contributed by atoms with E-state index in [0.717, 1.165) is 37.3 Å². The number of aromatic nitrogens is 1. The van der Waals surface area contributed by atoms with Gasteiger partial charge in [-0.15, -0.1) is 0 Å². The van der Waals surface area contributed by atoms with Crippen LogP contribution in [0.4, 0.5) is 0 Å². The average molecular weight is 210 g/mol. The minimum absolute atomic E-state index is 0.535. The van der Waals surface area contributed by atoms with E-state index in [1.165, 1.54) is 0 Å². The van der Waals surface area contributed by atoms with Crippen molar-refractivity contribution >= 4 is 17.4 Å². The smallest absolute Gasteiger partial charge is 0.129 e. The largest absolute Gasteiger partial charge is 0.373 e. The third-order valence-corrected chi connectivity index (χ3v) is 2.35. The van der Waals surface area contributed by atoms with Crippen molar-refractivity contribution in [1.82, 2.24) is 10.3 Å². The average Bonchev–Trinajstić information content (AvgIpc) is 2.23. The van der Waals surface area contributed by atoms with Crippen LogP contribution >= 0.6 is 11.6 Å². The quantitative estimate of drug-likeness (QED) is 0.753. The molecular weight excluding hydrogens is 198 g/mol. The van der Waals surface area contributed by atoms with E-state index in [9.17, 15) is 0 Å². The molecule has 4 heteroatoms. The van der Waals surface area contributed by atoms with Gasteiger partial charge in [0.2, 0.25) is 0 Å². The Bertz CT molecular complexity index is 332. The molecular formula is C10H12ClN3. The molecule has 0 saturated carbocycles. The van der Waals surface area contributed by atoms with Crippen molar-refractivity contribution in [2.45, 2.75) is 12.8 Å². The van der Waals surface area contributed by atoms with Crippen LogP contribution in [0.25, 0.3) is 0 Å². The summed E-state index contributed by atoms with van der Waals surface area (Å²) in [5, 5.41) is 3.81. The van der Waals surface area contributed by atoms with Gasteiger partial charge in [0.1, 0.15) is 11.0 Å². The van der Waals surface area contributed by atoms with Gasteiger partial charge in [0.25, 0.3) is 0 Å². The highest BCUT2D eigenvalue weighted by Gasteiger charge is 2.04. The van der Waals surface area contributed by atoms with Crippen molar-refractivity contribution in [2.24, 2.45) is 4.99 Å². The Hall–Kier alpha value is -1.09. The fourth-order valence-corrected chi connectivity index (χ4v) is 1.52. The van der Waals surface area contributed by atoms with Crippen molar-refractivity contribution < 1.29 is 0 Å². The Kier molecular flexibility index (Phi) is 2.99. The Morgan fingerprint density at radius 1 is 1.43 bits per heavy atom. The second-order valence-electron chi connectivity index (χ2n) is 3.27. The molecule has 0 aliphatic carbocycles. The molecule has 74 valence electrons. The highest BCUT2D eigenvalue weighted by Crippen LogP contribution is 2.06. The predicted molar refractivity (Wildman–Crippen MR) is 57.9 cm³/mol. The topological polar surface area (TPSA) is 37.3 Å². The van der Waals surface area contributed by atoms with E-state index in [-0.39, 0.29) is 0 Å². The lowest BCUT2D eigenvalue weighted by Gasteiger charge is -2.14. The summed E-state index contributed by atoms with van der Waals surface area (Å²) in [6.07, 6.45) is 3.74. The molecule has 0 atom stereocenters. The molecule has 1 aromatic rings. The maximum absolute atomic E-state index is 5.70. The van der Waals surface area contributed by atoms with E-state index in [4.69, 9.17) is 11.6 Å². The molecule has 1 aliphatic heterocycles. The van der Waals surface area contributed by atoms with Gasteiger partial charge < -0.3 is 5.32 Å². The second kappa shape index (κ2) is 4.42. The number of pyridine rings is 1. The predicted octanol–water partition coefficient (Wildman–Crippen LogP) is 1.67. The fraction of sp³-hybridized carbons (Fsp3) is 0.400. The van der Waals surface area contributed by atoms with Crippen molar-refractivity contribution in [3.8, 4) is 0 Å². The van der Waals surface area contributed by atoms with E-state index in [0.29, 0.717) is 5.15 Å². The first kappa shape index (κ1) is 9.46. The van der Waals surface area contributed by atoms with Gasteiger partial charge in [0.05, 0.1) is 0 Å². The van der Waals surface area contributed by atoms with Gasteiger partial charge in [-0.25, -0.2) is 4.98 Å². The molecule has 1 aliphatic rings. The SMILES string of the molecule is Clc1ccc(CC2=NCCCN2)cn1. The second-order valence-corrected chi connectivity index (χ2v) is 3.66. The number of aliphatic imine (C=N–C) groups is 1. The molecule has 0 unspecified atom stereocenters. The highest BCUT2D eigenvalue weighted by atomic mass is 35.5. The minimum atomic E-state index is 0.535. The Morgan fingerprint density at radius 3 is 3.00 bits per heavy atom. The van der Waals surface area contributed by atoms with E-state index < -0.39 is 0 Å².